The van der Waals surface area contributed by atoms with Crippen molar-refractivity contribution >= 4 is 66.2 Å². The van der Waals surface area contributed by atoms with E-state index in [0.717, 1.165) is 0 Å². The first-order valence-corrected chi connectivity index (χ1v) is 8.38. The van der Waals surface area contributed by atoms with Gasteiger partial charge in [-0.05, 0) is 52.9 Å². The van der Waals surface area contributed by atoms with E-state index in [-0.39, 0.29) is 0 Å². The van der Waals surface area contributed by atoms with E-state index < -0.39 is 0 Å². The lowest BCUT2D eigenvalue weighted by Gasteiger charge is -1.98. The highest BCUT2D eigenvalue weighted by molar-refractivity contribution is 14.1. The third kappa shape index (κ3) is 1.54. The smallest absolute Gasteiger partial charge is 0.0496 e. The molecule has 0 fully saturated rings. The van der Waals surface area contributed by atoms with E-state index >= 15 is 0 Å². The molecular weight excluding hydrogens is 383 g/mol. The van der Waals surface area contributed by atoms with Crippen molar-refractivity contribution in [3.63, 3.8) is 0 Å². The van der Waals surface area contributed by atoms with Gasteiger partial charge in [0.15, 0.2) is 0 Å². The number of aryl methyl sites for hydroxylation is 1. The van der Waals surface area contributed by atoms with E-state index in [2.05, 4.69) is 93.8 Å². The maximum Gasteiger partial charge on any atom is 0.0496 e. The molecule has 0 atom stereocenters. The van der Waals surface area contributed by atoms with Crippen molar-refractivity contribution in [1.29, 1.82) is 0 Å². The molecule has 1 N–H and O–H groups in total. The Morgan fingerprint density at radius 2 is 1.59 bits per heavy atom. The van der Waals surface area contributed by atoms with Crippen molar-refractivity contribution in [2.75, 3.05) is 0 Å². The monoisotopic (exact) mass is 396 g/mol. The van der Waals surface area contributed by atoms with Gasteiger partial charge in [-0.3, -0.25) is 0 Å². The zero-order chi connectivity index (χ0) is 14.8. The van der Waals surface area contributed by atoms with Crippen LogP contribution < -0.4 is 0 Å². The molecule has 0 amide bonds. The van der Waals surface area contributed by atoms with Gasteiger partial charge in [0.2, 0.25) is 0 Å². The number of H-pyrrole nitrogens is 1. The summed E-state index contributed by atoms with van der Waals surface area (Å²) in [6.07, 6.45) is 0. The van der Waals surface area contributed by atoms with Crippen molar-refractivity contribution in [1.82, 2.24) is 9.55 Å². The molecule has 22 heavy (non-hydrogen) atoms. The first-order chi connectivity index (χ1) is 10.7. The molecule has 2 nitrogen and oxygen atoms in total. The van der Waals surface area contributed by atoms with Crippen LogP contribution in [0.3, 0.4) is 0 Å². The van der Waals surface area contributed by atoms with Gasteiger partial charge >= 0.3 is 0 Å². The molecular formula is C19H13IN2. The normalized spacial score (nSPS) is 12.1. The molecule has 2 heterocycles. The average Bonchev–Trinajstić information content (AvgIpc) is 3.01. The number of hydrogen-bond donors (Lipinski definition) is 1. The second-order valence-corrected chi connectivity index (χ2v) is 7.05. The van der Waals surface area contributed by atoms with E-state index in [1.54, 1.807) is 0 Å². The Hall–Kier alpha value is -2.01. The molecule has 2 aromatic heterocycles. The van der Waals surface area contributed by atoms with Crippen LogP contribution in [0.15, 0.2) is 54.6 Å². The Balaban J connectivity index is 2.03. The maximum absolute atomic E-state index is 3.57. The maximum atomic E-state index is 3.57. The number of halogens is 1. The fraction of sp³-hybridized carbons (Fsp3) is 0.0526. The number of rotatable bonds is 0. The van der Waals surface area contributed by atoms with Gasteiger partial charge in [-0.25, -0.2) is 0 Å². The molecule has 0 bridgehead atoms. The van der Waals surface area contributed by atoms with Crippen LogP contribution in [-0.2, 0) is 7.05 Å². The molecule has 106 valence electrons. The molecule has 5 rings (SSSR count). The zero-order valence-corrected chi connectivity index (χ0v) is 14.2. The number of benzene rings is 3. The van der Waals surface area contributed by atoms with Crippen LogP contribution in [0.25, 0.3) is 43.6 Å². The number of para-hydroxylation sites is 1. The second kappa shape index (κ2) is 4.26. The lowest BCUT2D eigenvalue weighted by Crippen LogP contribution is -1.85. The summed E-state index contributed by atoms with van der Waals surface area (Å²) in [5.74, 6) is 0. The summed E-state index contributed by atoms with van der Waals surface area (Å²) in [5.41, 5.74) is 4.99. The zero-order valence-electron chi connectivity index (χ0n) is 12.0. The first-order valence-electron chi connectivity index (χ1n) is 7.30. The first kappa shape index (κ1) is 12.5. The Bertz CT molecular complexity index is 1190. The van der Waals surface area contributed by atoms with Crippen LogP contribution in [0, 0.1) is 3.57 Å². The number of nitrogens with one attached hydrogen (secondary N) is 1. The molecule has 3 aromatic carbocycles. The van der Waals surface area contributed by atoms with Gasteiger partial charge in [0.1, 0.15) is 0 Å². The van der Waals surface area contributed by atoms with E-state index in [9.17, 15) is 0 Å². The highest BCUT2D eigenvalue weighted by atomic mass is 127. The topological polar surface area (TPSA) is 20.7 Å². The summed E-state index contributed by atoms with van der Waals surface area (Å²) in [7, 11) is 2.15. The van der Waals surface area contributed by atoms with E-state index in [4.69, 9.17) is 0 Å². The third-order valence-corrected chi connectivity index (χ3v) is 5.26. The van der Waals surface area contributed by atoms with Crippen molar-refractivity contribution in [3.8, 4) is 0 Å². The van der Waals surface area contributed by atoms with Crippen molar-refractivity contribution in [2.24, 2.45) is 7.05 Å². The number of aromatic amines is 1. The summed E-state index contributed by atoms with van der Waals surface area (Å²) < 4.78 is 3.54. The predicted octanol–water partition coefficient (Wildman–Crippen LogP) is 5.57. The van der Waals surface area contributed by atoms with Gasteiger partial charge < -0.3 is 9.55 Å². The van der Waals surface area contributed by atoms with Gasteiger partial charge in [-0.1, -0.05) is 24.3 Å². The van der Waals surface area contributed by atoms with Crippen molar-refractivity contribution < 1.29 is 0 Å². The van der Waals surface area contributed by atoms with Crippen molar-refractivity contribution in [2.45, 2.75) is 0 Å². The quantitative estimate of drug-likeness (QED) is 0.331. The Kier molecular flexibility index (Phi) is 2.42. The summed E-state index contributed by atoms with van der Waals surface area (Å²) in [4.78, 5) is 3.57. The Morgan fingerprint density at radius 3 is 2.50 bits per heavy atom. The SMILES string of the molecule is Cn1c2ccccc2c2cc3[nH]c4cc(I)ccc4c3cc21. The molecule has 0 saturated heterocycles. The largest absolute Gasteiger partial charge is 0.354 e. The lowest BCUT2D eigenvalue weighted by atomic mass is 10.1. The van der Waals surface area contributed by atoms with Crippen LogP contribution >= 0.6 is 22.6 Å². The molecule has 0 aliphatic rings. The fourth-order valence-corrected chi connectivity index (χ4v) is 4.02. The molecule has 3 heteroatoms. The predicted molar refractivity (Wildman–Crippen MR) is 103 cm³/mol. The van der Waals surface area contributed by atoms with E-state index in [1.165, 1.54) is 47.2 Å². The second-order valence-electron chi connectivity index (χ2n) is 5.81. The van der Waals surface area contributed by atoms with Gasteiger partial charge in [-0.2, -0.15) is 0 Å². The number of fused-ring (bicyclic) bond motifs is 6. The minimum Gasteiger partial charge on any atom is -0.354 e. The summed E-state index contributed by atoms with van der Waals surface area (Å²) in [6.45, 7) is 0. The van der Waals surface area contributed by atoms with Gasteiger partial charge in [0, 0.05) is 54.2 Å². The van der Waals surface area contributed by atoms with Crippen LogP contribution in [0.2, 0.25) is 0 Å². The highest BCUT2D eigenvalue weighted by Crippen LogP contribution is 2.34. The average molecular weight is 396 g/mol. The summed E-state index contributed by atoms with van der Waals surface area (Å²) in [6, 6.07) is 19.8. The summed E-state index contributed by atoms with van der Waals surface area (Å²) in [5, 5.41) is 5.22. The standard InChI is InChI=1S/C19H13IN2/c1-22-18-5-3-2-4-13(18)15-9-17-14(10-19(15)22)12-7-6-11(20)8-16(12)21-17/h2-10,21H,1H3. The molecule has 5 aromatic rings. The Labute approximate surface area is 140 Å². The highest BCUT2D eigenvalue weighted by Gasteiger charge is 2.11. The molecule has 0 unspecified atom stereocenters. The minimum atomic E-state index is 1.21. The van der Waals surface area contributed by atoms with E-state index in [1.807, 2.05) is 0 Å². The minimum absolute atomic E-state index is 1.21. The number of aromatic nitrogens is 2. The summed E-state index contributed by atoms with van der Waals surface area (Å²) >= 11 is 2.36. The van der Waals surface area contributed by atoms with Crippen LogP contribution in [0.5, 0.6) is 0 Å². The van der Waals surface area contributed by atoms with Crippen molar-refractivity contribution in [3.05, 3.63) is 58.2 Å². The van der Waals surface area contributed by atoms with Crippen LogP contribution in [0.1, 0.15) is 0 Å². The number of nitrogens with zero attached hydrogens (tertiary/aromatic N) is 1. The molecule has 0 aliphatic carbocycles. The van der Waals surface area contributed by atoms with Gasteiger partial charge in [-0.15, -0.1) is 0 Å². The van der Waals surface area contributed by atoms with Crippen LogP contribution in [0.4, 0.5) is 0 Å². The van der Waals surface area contributed by atoms with Gasteiger partial charge in [0.25, 0.3) is 0 Å². The lowest BCUT2D eigenvalue weighted by molar-refractivity contribution is 1.02. The van der Waals surface area contributed by atoms with E-state index in [0.29, 0.717) is 0 Å². The molecule has 0 radical (unpaired) electrons. The van der Waals surface area contributed by atoms with Crippen LogP contribution in [-0.4, -0.2) is 9.55 Å². The molecule has 0 spiro atoms. The fourth-order valence-electron chi connectivity index (χ4n) is 3.53. The van der Waals surface area contributed by atoms with Gasteiger partial charge in [0.05, 0.1) is 0 Å². The number of hydrogen-bond acceptors (Lipinski definition) is 0. The molecule has 0 aliphatic heterocycles. The molecule has 0 saturated carbocycles. The third-order valence-electron chi connectivity index (χ3n) is 4.59. The Morgan fingerprint density at radius 1 is 0.773 bits per heavy atom.